The molecular weight excluding hydrogens is 345 g/mol. The maximum Gasteiger partial charge on any atom is 0.416 e. The number of nitrogens with zero attached hydrogens (tertiary/aromatic N) is 3. The number of carbonyl (C=O) groups excluding carboxylic acids is 1. The highest BCUT2D eigenvalue weighted by Crippen LogP contribution is 2.36. The number of esters is 1. The Hall–Kier alpha value is -3.55. The van der Waals surface area contributed by atoms with Crippen LogP contribution in [0.25, 0.3) is 5.69 Å². The molecule has 11 heteroatoms. The number of nitrogen functional groups attached to an aromatic ring is 1. The highest BCUT2D eigenvalue weighted by Gasteiger charge is 2.34. The Balaban J connectivity index is 2.87. The van der Waals surface area contributed by atoms with Gasteiger partial charge < -0.3 is 15.0 Å². The molecule has 8 nitrogen and oxygen atoms in total. The molecule has 0 radical (unpaired) electrons. The fraction of sp³-hybridized carbons (Fsp3) is 0.143. The van der Waals surface area contributed by atoms with Gasteiger partial charge in [0.25, 0.3) is 5.69 Å². The monoisotopic (exact) mass is 354 g/mol. The standard InChI is InChI=1S/C14H9F3N4O4/c1-25-13(22)12-11(19)7(5-18)6-20(12)10-4-8(14(15,16)17)2-3-9(10)21(23)24/h2-4,6H,19H2,1H3. The van der Waals surface area contributed by atoms with Crippen molar-refractivity contribution < 1.29 is 27.6 Å². The number of nitrogens with two attached hydrogens (primary N) is 1. The molecule has 2 rings (SSSR count). The van der Waals surface area contributed by atoms with Crippen LogP contribution in [0.2, 0.25) is 0 Å². The summed E-state index contributed by atoms with van der Waals surface area (Å²) in [6, 6.07) is 3.34. The molecule has 0 spiro atoms. The number of nitro groups is 1. The van der Waals surface area contributed by atoms with Crippen molar-refractivity contribution in [1.82, 2.24) is 4.57 Å². The molecule has 1 heterocycles. The molecule has 0 amide bonds. The first-order chi connectivity index (χ1) is 11.6. The van der Waals surface area contributed by atoms with E-state index in [2.05, 4.69) is 4.74 Å². The molecule has 2 N–H and O–H groups in total. The van der Waals surface area contributed by atoms with E-state index < -0.39 is 39.7 Å². The molecule has 130 valence electrons. The Kier molecular flexibility index (Phi) is 4.38. The van der Waals surface area contributed by atoms with E-state index in [1.807, 2.05) is 0 Å². The molecule has 0 aliphatic carbocycles. The summed E-state index contributed by atoms with van der Waals surface area (Å²) in [5.74, 6) is -1.06. The molecular formula is C14H9F3N4O4. The molecule has 0 bridgehead atoms. The van der Waals surface area contributed by atoms with E-state index in [0.717, 1.165) is 17.9 Å². The van der Waals surface area contributed by atoms with Crippen molar-refractivity contribution in [2.24, 2.45) is 0 Å². The van der Waals surface area contributed by atoms with Crippen LogP contribution >= 0.6 is 0 Å². The maximum atomic E-state index is 12.9. The predicted octanol–water partition coefficient (Wildman–Crippen LogP) is 2.64. The summed E-state index contributed by atoms with van der Waals surface area (Å²) in [5.41, 5.74) is 2.10. The van der Waals surface area contributed by atoms with E-state index in [1.54, 1.807) is 6.07 Å². The molecule has 1 aromatic carbocycles. The summed E-state index contributed by atoms with van der Waals surface area (Å²) in [6.45, 7) is 0. The van der Waals surface area contributed by atoms with Gasteiger partial charge in [-0.05, 0) is 12.1 Å². The Morgan fingerprint density at radius 1 is 1.44 bits per heavy atom. The molecule has 0 unspecified atom stereocenters. The second kappa shape index (κ2) is 6.16. The topological polar surface area (TPSA) is 124 Å². The zero-order valence-electron chi connectivity index (χ0n) is 12.5. The number of ether oxygens (including phenoxy) is 1. The average Bonchev–Trinajstić information content (AvgIpc) is 2.89. The van der Waals surface area contributed by atoms with Gasteiger partial charge in [-0.1, -0.05) is 0 Å². The summed E-state index contributed by atoms with van der Waals surface area (Å²) < 4.78 is 44.1. The summed E-state index contributed by atoms with van der Waals surface area (Å²) >= 11 is 0. The summed E-state index contributed by atoms with van der Waals surface area (Å²) in [6.07, 6.45) is -3.84. The van der Waals surface area contributed by atoms with Gasteiger partial charge in [0.15, 0.2) is 5.69 Å². The number of methoxy groups -OCH3 is 1. The van der Waals surface area contributed by atoms with Crippen molar-refractivity contribution in [1.29, 1.82) is 5.26 Å². The average molecular weight is 354 g/mol. The molecule has 1 aromatic heterocycles. The number of rotatable bonds is 3. The van der Waals surface area contributed by atoms with Crippen LogP contribution in [-0.2, 0) is 10.9 Å². The second-order valence-electron chi connectivity index (χ2n) is 4.74. The summed E-state index contributed by atoms with van der Waals surface area (Å²) in [4.78, 5) is 22.1. The number of anilines is 1. The van der Waals surface area contributed by atoms with E-state index in [9.17, 15) is 28.1 Å². The number of alkyl halides is 3. The largest absolute Gasteiger partial charge is 0.464 e. The van der Waals surface area contributed by atoms with Crippen molar-refractivity contribution in [2.45, 2.75) is 6.18 Å². The summed E-state index contributed by atoms with van der Waals surface area (Å²) in [5, 5.41) is 20.2. The zero-order chi connectivity index (χ0) is 18.9. The summed E-state index contributed by atoms with van der Waals surface area (Å²) in [7, 11) is 0.992. The van der Waals surface area contributed by atoms with Crippen molar-refractivity contribution in [3.05, 3.63) is 51.3 Å². The lowest BCUT2D eigenvalue weighted by Crippen LogP contribution is -2.13. The van der Waals surface area contributed by atoms with Crippen LogP contribution < -0.4 is 5.73 Å². The van der Waals surface area contributed by atoms with Crippen LogP contribution in [0.3, 0.4) is 0 Å². The van der Waals surface area contributed by atoms with Crippen LogP contribution in [0.15, 0.2) is 24.4 Å². The minimum atomic E-state index is -4.77. The number of aromatic nitrogens is 1. The van der Waals surface area contributed by atoms with Gasteiger partial charge in [0.05, 0.1) is 28.8 Å². The van der Waals surface area contributed by atoms with Crippen LogP contribution in [0.1, 0.15) is 21.6 Å². The van der Waals surface area contributed by atoms with Gasteiger partial charge in [-0.2, -0.15) is 18.4 Å². The maximum absolute atomic E-state index is 12.9. The number of hydrogen-bond acceptors (Lipinski definition) is 6. The Labute approximate surface area is 138 Å². The van der Waals surface area contributed by atoms with Crippen molar-refractivity contribution in [3.63, 3.8) is 0 Å². The molecule has 0 saturated carbocycles. The first-order valence-corrected chi connectivity index (χ1v) is 6.47. The van der Waals surface area contributed by atoms with E-state index >= 15 is 0 Å². The van der Waals surface area contributed by atoms with Crippen molar-refractivity contribution in [2.75, 3.05) is 12.8 Å². The van der Waals surface area contributed by atoms with Gasteiger partial charge in [0.1, 0.15) is 11.8 Å². The third-order valence-corrected chi connectivity index (χ3v) is 3.30. The third-order valence-electron chi connectivity index (χ3n) is 3.30. The molecule has 0 saturated heterocycles. The highest BCUT2D eigenvalue weighted by molar-refractivity contribution is 5.96. The third kappa shape index (κ3) is 3.09. The second-order valence-corrected chi connectivity index (χ2v) is 4.74. The van der Waals surface area contributed by atoms with Gasteiger partial charge in [0, 0.05) is 12.3 Å². The fourth-order valence-electron chi connectivity index (χ4n) is 2.15. The predicted molar refractivity (Wildman–Crippen MR) is 77.9 cm³/mol. The van der Waals surface area contributed by atoms with E-state index in [1.165, 1.54) is 0 Å². The first-order valence-electron chi connectivity index (χ1n) is 6.47. The molecule has 25 heavy (non-hydrogen) atoms. The number of carbonyl (C=O) groups is 1. The number of nitriles is 1. The molecule has 0 atom stereocenters. The molecule has 2 aromatic rings. The minimum Gasteiger partial charge on any atom is -0.464 e. The molecule has 0 aliphatic heterocycles. The van der Waals surface area contributed by atoms with Gasteiger partial charge in [-0.3, -0.25) is 10.1 Å². The van der Waals surface area contributed by atoms with E-state index in [4.69, 9.17) is 11.0 Å². The molecule has 0 fully saturated rings. The van der Waals surface area contributed by atoms with Crippen LogP contribution in [0.5, 0.6) is 0 Å². The van der Waals surface area contributed by atoms with Gasteiger partial charge in [0.2, 0.25) is 0 Å². The van der Waals surface area contributed by atoms with Crippen LogP contribution in [-0.4, -0.2) is 22.6 Å². The quantitative estimate of drug-likeness (QED) is 0.513. The van der Waals surface area contributed by atoms with Crippen molar-refractivity contribution >= 4 is 17.3 Å². The number of halogens is 3. The Morgan fingerprint density at radius 3 is 2.56 bits per heavy atom. The van der Waals surface area contributed by atoms with E-state index in [0.29, 0.717) is 18.2 Å². The van der Waals surface area contributed by atoms with Gasteiger partial charge in [-0.15, -0.1) is 0 Å². The Bertz CT molecular complexity index is 912. The fourth-order valence-corrected chi connectivity index (χ4v) is 2.15. The lowest BCUT2D eigenvalue weighted by molar-refractivity contribution is -0.384. The number of nitro benzene ring substituents is 1. The first kappa shape index (κ1) is 17.8. The molecule has 0 aliphatic rings. The minimum absolute atomic E-state index is 0.243. The van der Waals surface area contributed by atoms with E-state index in [-0.39, 0.29) is 11.3 Å². The highest BCUT2D eigenvalue weighted by atomic mass is 19.4. The van der Waals surface area contributed by atoms with Gasteiger partial charge >= 0.3 is 12.1 Å². The van der Waals surface area contributed by atoms with Crippen LogP contribution in [0.4, 0.5) is 24.5 Å². The van der Waals surface area contributed by atoms with Crippen molar-refractivity contribution in [3.8, 4) is 11.8 Å². The number of benzene rings is 1. The zero-order valence-corrected chi connectivity index (χ0v) is 12.5. The SMILES string of the molecule is COC(=O)c1c(N)c(C#N)cn1-c1cc(C(F)(F)F)ccc1[N+](=O)[O-]. The van der Waals surface area contributed by atoms with Gasteiger partial charge in [-0.25, -0.2) is 4.79 Å². The normalized spacial score (nSPS) is 11.0. The Morgan fingerprint density at radius 2 is 2.08 bits per heavy atom. The number of hydrogen-bond donors (Lipinski definition) is 1. The lowest BCUT2D eigenvalue weighted by atomic mass is 10.1. The smallest absolute Gasteiger partial charge is 0.416 e. The lowest BCUT2D eigenvalue weighted by Gasteiger charge is -2.12. The van der Waals surface area contributed by atoms with Crippen LogP contribution in [0, 0.1) is 21.4 Å².